The van der Waals surface area contributed by atoms with Crippen LogP contribution in [0.3, 0.4) is 0 Å². The van der Waals surface area contributed by atoms with Gasteiger partial charge in [-0.1, -0.05) is 18.6 Å². The molecular formula is C19H28N2O4S. The average molecular weight is 381 g/mol. The van der Waals surface area contributed by atoms with Crippen molar-refractivity contribution in [3.05, 3.63) is 29.8 Å². The second-order valence-corrected chi connectivity index (χ2v) is 9.07. The van der Waals surface area contributed by atoms with E-state index in [9.17, 15) is 13.2 Å². The molecule has 0 spiro atoms. The Morgan fingerprint density at radius 2 is 1.81 bits per heavy atom. The highest BCUT2D eigenvalue weighted by atomic mass is 32.2. The molecule has 0 N–H and O–H groups in total. The molecule has 1 aromatic rings. The van der Waals surface area contributed by atoms with Crippen LogP contribution in [0.1, 0.15) is 38.2 Å². The van der Waals surface area contributed by atoms with Crippen LogP contribution in [0.4, 0.5) is 0 Å². The first-order valence-corrected chi connectivity index (χ1v) is 10.9. The molecule has 1 atom stereocenters. The van der Waals surface area contributed by atoms with Crippen LogP contribution >= 0.6 is 0 Å². The van der Waals surface area contributed by atoms with E-state index in [-0.39, 0.29) is 12.0 Å². The van der Waals surface area contributed by atoms with E-state index in [2.05, 4.69) is 0 Å². The predicted molar refractivity (Wildman–Crippen MR) is 99.4 cm³/mol. The fourth-order valence-corrected chi connectivity index (χ4v) is 5.05. The lowest BCUT2D eigenvalue weighted by Gasteiger charge is -2.31. The van der Waals surface area contributed by atoms with Crippen molar-refractivity contribution in [2.75, 3.05) is 32.8 Å². The number of benzene rings is 1. The molecule has 6 nitrogen and oxygen atoms in total. The third-order valence-electron chi connectivity index (χ3n) is 5.10. The van der Waals surface area contributed by atoms with Gasteiger partial charge in [0.1, 0.15) is 0 Å². The maximum Gasteiger partial charge on any atom is 0.243 e. The van der Waals surface area contributed by atoms with Gasteiger partial charge < -0.3 is 9.64 Å². The van der Waals surface area contributed by atoms with E-state index in [4.69, 9.17) is 4.74 Å². The van der Waals surface area contributed by atoms with Crippen molar-refractivity contribution in [1.82, 2.24) is 9.21 Å². The number of ether oxygens (including phenoxy) is 1. The van der Waals surface area contributed by atoms with Crippen molar-refractivity contribution < 1.29 is 17.9 Å². The number of carbonyl (C=O) groups is 1. The van der Waals surface area contributed by atoms with Crippen LogP contribution in [0, 0.1) is 0 Å². The molecule has 3 rings (SSSR count). The SMILES string of the molecule is C[C@@H]1CN(C(=O)CCc2ccc(S(=O)(=O)N3CCCCC3)cc2)CCO1. The first-order chi connectivity index (χ1) is 12.5. The quantitative estimate of drug-likeness (QED) is 0.784. The number of aryl methyl sites for hydroxylation is 1. The summed E-state index contributed by atoms with van der Waals surface area (Å²) in [5.41, 5.74) is 0.984. The molecule has 2 heterocycles. The van der Waals surface area contributed by atoms with Crippen LogP contribution in [0.5, 0.6) is 0 Å². The monoisotopic (exact) mass is 380 g/mol. The van der Waals surface area contributed by atoms with Gasteiger partial charge in [-0.15, -0.1) is 0 Å². The molecule has 0 saturated carbocycles. The Hall–Kier alpha value is -1.44. The minimum Gasteiger partial charge on any atom is -0.375 e. The smallest absolute Gasteiger partial charge is 0.243 e. The first-order valence-electron chi connectivity index (χ1n) is 9.45. The van der Waals surface area contributed by atoms with Crippen LogP contribution in [0.2, 0.25) is 0 Å². The highest BCUT2D eigenvalue weighted by Crippen LogP contribution is 2.21. The first kappa shape index (κ1) is 19.3. The van der Waals surface area contributed by atoms with E-state index in [0.29, 0.717) is 50.5 Å². The molecule has 1 aromatic carbocycles. The summed E-state index contributed by atoms with van der Waals surface area (Å²) in [6, 6.07) is 6.99. The average Bonchev–Trinajstić information content (AvgIpc) is 2.67. The molecule has 26 heavy (non-hydrogen) atoms. The molecule has 2 saturated heterocycles. The van der Waals surface area contributed by atoms with Crippen molar-refractivity contribution >= 4 is 15.9 Å². The number of amides is 1. The van der Waals surface area contributed by atoms with Gasteiger partial charge in [-0.3, -0.25) is 4.79 Å². The number of piperidine rings is 1. The molecule has 2 aliphatic rings. The van der Waals surface area contributed by atoms with Crippen molar-refractivity contribution in [3.8, 4) is 0 Å². The van der Waals surface area contributed by atoms with E-state index < -0.39 is 10.0 Å². The third-order valence-corrected chi connectivity index (χ3v) is 7.01. The van der Waals surface area contributed by atoms with E-state index in [0.717, 1.165) is 24.8 Å². The molecule has 0 bridgehead atoms. The number of nitrogens with zero attached hydrogens (tertiary/aromatic N) is 2. The Bertz CT molecular complexity index is 712. The van der Waals surface area contributed by atoms with Crippen LogP contribution in [0.15, 0.2) is 29.2 Å². The molecule has 1 amide bonds. The molecular weight excluding hydrogens is 352 g/mol. The van der Waals surface area contributed by atoms with Gasteiger partial charge in [0.05, 0.1) is 17.6 Å². The Morgan fingerprint density at radius 1 is 1.12 bits per heavy atom. The zero-order valence-electron chi connectivity index (χ0n) is 15.4. The fraction of sp³-hybridized carbons (Fsp3) is 0.632. The van der Waals surface area contributed by atoms with Crippen LogP contribution in [-0.4, -0.2) is 62.4 Å². The fourth-order valence-electron chi connectivity index (χ4n) is 3.54. The standard InChI is InChI=1S/C19H28N2O4S/c1-16-15-20(13-14-25-16)19(22)10-7-17-5-8-18(9-6-17)26(23,24)21-11-3-2-4-12-21/h5-6,8-9,16H,2-4,7,10-15H2,1H3/t16-/m1/s1. The second kappa shape index (κ2) is 8.50. The number of sulfonamides is 1. The molecule has 0 radical (unpaired) electrons. The number of morpholine rings is 1. The van der Waals surface area contributed by atoms with Gasteiger partial charge in [0.2, 0.25) is 15.9 Å². The van der Waals surface area contributed by atoms with Gasteiger partial charge in [0.25, 0.3) is 0 Å². The predicted octanol–water partition coefficient (Wildman–Crippen LogP) is 2.04. The summed E-state index contributed by atoms with van der Waals surface area (Å²) in [7, 11) is -3.39. The number of hydrogen-bond donors (Lipinski definition) is 0. The van der Waals surface area contributed by atoms with Gasteiger partial charge in [0.15, 0.2) is 0 Å². The lowest BCUT2D eigenvalue weighted by atomic mass is 10.1. The van der Waals surface area contributed by atoms with Gasteiger partial charge in [-0.25, -0.2) is 8.42 Å². The summed E-state index contributed by atoms with van der Waals surface area (Å²) in [5.74, 6) is 0.130. The lowest BCUT2D eigenvalue weighted by Crippen LogP contribution is -2.44. The molecule has 0 aliphatic carbocycles. The molecule has 0 unspecified atom stereocenters. The lowest BCUT2D eigenvalue weighted by molar-refractivity contribution is -0.138. The van der Waals surface area contributed by atoms with Gasteiger partial charge in [0, 0.05) is 32.6 Å². The normalized spacial score (nSPS) is 22.3. The van der Waals surface area contributed by atoms with E-state index in [1.54, 1.807) is 16.4 Å². The van der Waals surface area contributed by atoms with E-state index in [1.807, 2.05) is 24.0 Å². The van der Waals surface area contributed by atoms with Crippen molar-refractivity contribution in [2.24, 2.45) is 0 Å². The maximum atomic E-state index is 12.7. The summed E-state index contributed by atoms with van der Waals surface area (Å²) in [5, 5.41) is 0. The number of carbonyl (C=O) groups excluding carboxylic acids is 1. The topological polar surface area (TPSA) is 66.9 Å². The maximum absolute atomic E-state index is 12.7. The zero-order valence-corrected chi connectivity index (χ0v) is 16.2. The van der Waals surface area contributed by atoms with Crippen molar-refractivity contribution in [3.63, 3.8) is 0 Å². The molecule has 2 fully saturated rings. The van der Waals surface area contributed by atoms with Crippen molar-refractivity contribution in [2.45, 2.75) is 50.0 Å². The third kappa shape index (κ3) is 4.64. The minimum absolute atomic E-state index is 0.0898. The van der Waals surface area contributed by atoms with Gasteiger partial charge in [-0.2, -0.15) is 4.31 Å². The zero-order chi connectivity index (χ0) is 18.6. The highest BCUT2D eigenvalue weighted by molar-refractivity contribution is 7.89. The van der Waals surface area contributed by atoms with Crippen LogP contribution in [-0.2, 0) is 26.0 Å². The second-order valence-electron chi connectivity index (χ2n) is 7.13. The number of rotatable bonds is 5. The summed E-state index contributed by atoms with van der Waals surface area (Å²) in [6.45, 7) is 5.08. The Kier molecular flexibility index (Phi) is 6.32. The van der Waals surface area contributed by atoms with Crippen molar-refractivity contribution in [1.29, 1.82) is 0 Å². The van der Waals surface area contributed by atoms with E-state index in [1.165, 1.54) is 0 Å². The molecule has 144 valence electrons. The van der Waals surface area contributed by atoms with Gasteiger partial charge >= 0.3 is 0 Å². The molecule has 0 aromatic heterocycles. The largest absolute Gasteiger partial charge is 0.375 e. The Balaban J connectivity index is 1.56. The summed E-state index contributed by atoms with van der Waals surface area (Å²) < 4.78 is 32.3. The Morgan fingerprint density at radius 3 is 2.46 bits per heavy atom. The van der Waals surface area contributed by atoms with Crippen LogP contribution in [0.25, 0.3) is 0 Å². The summed E-state index contributed by atoms with van der Waals surface area (Å²) in [4.78, 5) is 14.5. The summed E-state index contributed by atoms with van der Waals surface area (Å²) >= 11 is 0. The number of hydrogen-bond acceptors (Lipinski definition) is 4. The Labute approximate surface area is 156 Å². The summed E-state index contributed by atoms with van der Waals surface area (Å²) in [6.07, 6.45) is 4.10. The van der Waals surface area contributed by atoms with E-state index >= 15 is 0 Å². The minimum atomic E-state index is -3.39. The molecule has 2 aliphatic heterocycles. The highest BCUT2D eigenvalue weighted by Gasteiger charge is 2.26. The molecule has 7 heteroatoms. The van der Waals surface area contributed by atoms with Gasteiger partial charge in [-0.05, 0) is 43.9 Å². The van der Waals surface area contributed by atoms with Crippen LogP contribution < -0.4 is 0 Å².